The zero-order valence-electron chi connectivity index (χ0n) is 13.1. The van der Waals surface area contributed by atoms with Crippen LogP contribution in [-0.2, 0) is 18.4 Å². The molecule has 0 aliphatic carbocycles. The van der Waals surface area contributed by atoms with Crippen LogP contribution in [0.2, 0.25) is 0 Å². The normalized spacial score (nSPS) is 13.7. The average molecular weight is 388 g/mol. The molecule has 1 aromatic rings. The van der Waals surface area contributed by atoms with E-state index < -0.39 is 9.89 Å². The molecule has 22 heavy (non-hydrogen) atoms. The summed E-state index contributed by atoms with van der Waals surface area (Å²) in [6.07, 6.45) is 1.65. The molecule has 0 fully saturated rings. The monoisotopic (exact) mass is 386 g/mol. The number of halogens is 3. The molecule has 0 aliphatic rings. The fourth-order valence-electron chi connectivity index (χ4n) is 2.13. The Hall–Kier alpha value is -0.230. The van der Waals surface area contributed by atoms with E-state index in [0.717, 1.165) is 30.5 Å². The van der Waals surface area contributed by atoms with Crippen molar-refractivity contribution in [1.29, 1.82) is 0 Å². The molecular formula is C14H21Cl3N2O2S. The summed E-state index contributed by atoms with van der Waals surface area (Å²) in [5.41, 5.74) is 1.48. The van der Waals surface area contributed by atoms with Gasteiger partial charge in [-0.3, -0.25) is 3.96 Å². The minimum Gasteiger partial charge on any atom is -0.463 e. The maximum atomic E-state index is 11.0. The lowest BCUT2D eigenvalue weighted by molar-refractivity contribution is 0.205. The van der Waals surface area contributed by atoms with Gasteiger partial charge in [-0.2, -0.15) is 4.99 Å². The number of hydrogen-bond donors (Lipinski definition) is 1. The van der Waals surface area contributed by atoms with Crippen LogP contribution in [0.5, 0.6) is 0 Å². The molecule has 1 N–H and O–H groups in total. The summed E-state index contributed by atoms with van der Waals surface area (Å²) in [5, 5.41) is 9.00. The first kappa shape index (κ1) is 19.8. The van der Waals surface area contributed by atoms with Crippen molar-refractivity contribution in [1.82, 2.24) is 3.96 Å². The maximum Gasteiger partial charge on any atom is 0.432 e. The van der Waals surface area contributed by atoms with Crippen LogP contribution in [0, 0.1) is 0 Å². The van der Waals surface area contributed by atoms with Crippen molar-refractivity contribution in [3.8, 4) is 0 Å². The number of aromatic nitrogens is 1. The molecule has 0 radical (unpaired) electrons. The van der Waals surface area contributed by atoms with E-state index in [1.807, 2.05) is 24.7 Å². The number of rotatable bonds is 4. The first-order chi connectivity index (χ1) is 9.95. The van der Waals surface area contributed by atoms with Gasteiger partial charge in [0.05, 0.1) is 0 Å². The Morgan fingerprint density at radius 2 is 1.91 bits per heavy atom. The van der Waals surface area contributed by atoms with Gasteiger partial charge < -0.3 is 5.11 Å². The van der Waals surface area contributed by atoms with Crippen LogP contribution in [0.3, 0.4) is 0 Å². The second kappa shape index (κ2) is 7.56. The largest absolute Gasteiger partial charge is 0.463 e. The number of amides is 1. The zero-order chi connectivity index (χ0) is 17.1. The van der Waals surface area contributed by atoms with Crippen molar-refractivity contribution in [2.75, 3.05) is 0 Å². The quantitative estimate of drug-likeness (QED) is 0.727. The zero-order valence-corrected chi connectivity index (χ0v) is 16.2. The molecule has 1 rings (SSSR count). The molecule has 0 unspecified atom stereocenters. The Morgan fingerprint density at radius 1 is 1.32 bits per heavy atom. The molecule has 0 saturated heterocycles. The topological polar surface area (TPSA) is 54.6 Å². The minimum absolute atomic E-state index is 0.222. The SMILES string of the molecule is CCCCc1c(CC(Cl)(Cl)Cl)n(C(C)(C)C)sc1=NC(=O)O. The average Bonchev–Trinajstić information content (AvgIpc) is 2.61. The van der Waals surface area contributed by atoms with Crippen LogP contribution >= 0.6 is 46.3 Å². The third-order valence-electron chi connectivity index (χ3n) is 2.98. The maximum absolute atomic E-state index is 11.0. The molecule has 8 heteroatoms. The molecule has 4 nitrogen and oxygen atoms in total. The molecule has 0 saturated carbocycles. The van der Waals surface area contributed by atoms with Crippen LogP contribution in [0.25, 0.3) is 0 Å². The van der Waals surface area contributed by atoms with Crippen molar-refractivity contribution in [3.63, 3.8) is 0 Å². The summed E-state index contributed by atoms with van der Waals surface area (Å²) in [5.74, 6) is 0. The van der Waals surface area contributed by atoms with Crippen LogP contribution in [0.1, 0.15) is 51.8 Å². The minimum atomic E-state index is -1.43. The molecule has 1 heterocycles. The van der Waals surface area contributed by atoms with Gasteiger partial charge >= 0.3 is 6.09 Å². The van der Waals surface area contributed by atoms with E-state index in [0.29, 0.717) is 4.67 Å². The van der Waals surface area contributed by atoms with Gasteiger partial charge in [0, 0.05) is 23.2 Å². The predicted octanol–water partition coefficient (Wildman–Crippen LogP) is 5.14. The number of unbranched alkanes of at least 4 members (excludes halogenated alkanes) is 1. The molecule has 126 valence electrons. The molecule has 0 aromatic carbocycles. The summed E-state index contributed by atoms with van der Waals surface area (Å²) >= 11 is 19.3. The van der Waals surface area contributed by atoms with E-state index in [1.54, 1.807) is 0 Å². The number of nitrogens with zero attached hydrogens (tertiary/aromatic N) is 2. The standard InChI is InChI=1S/C14H21Cl3N2O2S/c1-5-6-7-9-10(8-14(15,16)17)19(13(2,3)4)22-11(9)18-12(20)21/h5-8H2,1-4H3,(H,20,21). The van der Waals surface area contributed by atoms with Crippen molar-refractivity contribution in [2.45, 2.75) is 62.7 Å². The Balaban J connectivity index is 3.57. The van der Waals surface area contributed by atoms with Gasteiger partial charge in [0.25, 0.3) is 0 Å². The van der Waals surface area contributed by atoms with Crippen LogP contribution < -0.4 is 4.67 Å². The number of carbonyl (C=O) groups is 1. The van der Waals surface area contributed by atoms with E-state index >= 15 is 0 Å². The summed E-state index contributed by atoms with van der Waals surface area (Å²) in [6, 6.07) is 0. The van der Waals surface area contributed by atoms with Gasteiger partial charge in [-0.1, -0.05) is 48.1 Å². The van der Waals surface area contributed by atoms with Gasteiger partial charge in [-0.25, -0.2) is 4.79 Å². The fourth-order valence-corrected chi connectivity index (χ4v) is 3.69. The van der Waals surface area contributed by atoms with Crippen LogP contribution in [0.4, 0.5) is 4.79 Å². The highest BCUT2D eigenvalue weighted by atomic mass is 35.6. The van der Waals surface area contributed by atoms with Crippen molar-refractivity contribution in [3.05, 3.63) is 15.9 Å². The van der Waals surface area contributed by atoms with Crippen molar-refractivity contribution < 1.29 is 9.90 Å². The lowest BCUT2D eigenvalue weighted by Crippen LogP contribution is -2.24. The fraction of sp³-hybridized carbons (Fsp3) is 0.714. The first-order valence-electron chi connectivity index (χ1n) is 7.04. The van der Waals surface area contributed by atoms with Gasteiger partial charge in [-0.05, 0) is 45.1 Å². The Bertz CT molecular complexity index is 595. The summed E-state index contributed by atoms with van der Waals surface area (Å²) < 4.78 is 1.05. The Kier molecular flexibility index (Phi) is 6.81. The van der Waals surface area contributed by atoms with Crippen LogP contribution in [-0.4, -0.2) is 18.9 Å². The van der Waals surface area contributed by atoms with Gasteiger partial charge in [0.1, 0.15) is 4.67 Å². The predicted molar refractivity (Wildman–Crippen MR) is 93.5 cm³/mol. The highest BCUT2D eigenvalue weighted by Crippen LogP contribution is 2.34. The molecule has 1 aromatic heterocycles. The second-order valence-corrected chi connectivity index (χ2v) is 9.53. The van der Waals surface area contributed by atoms with Gasteiger partial charge in [0.2, 0.25) is 0 Å². The highest BCUT2D eigenvalue weighted by Gasteiger charge is 2.29. The first-order valence-corrected chi connectivity index (χ1v) is 8.95. The molecule has 0 spiro atoms. The highest BCUT2D eigenvalue weighted by molar-refractivity contribution is 7.04. The lowest BCUT2D eigenvalue weighted by atomic mass is 10.0. The Labute approximate surface area is 149 Å². The van der Waals surface area contributed by atoms with Gasteiger partial charge in [-0.15, -0.1) is 0 Å². The van der Waals surface area contributed by atoms with E-state index in [-0.39, 0.29) is 12.0 Å². The summed E-state index contributed by atoms with van der Waals surface area (Å²) in [6.45, 7) is 8.16. The van der Waals surface area contributed by atoms with Crippen LogP contribution in [0.15, 0.2) is 4.99 Å². The smallest absolute Gasteiger partial charge is 0.432 e. The Morgan fingerprint density at radius 3 is 2.32 bits per heavy atom. The lowest BCUT2D eigenvalue weighted by Gasteiger charge is -2.25. The number of hydrogen-bond acceptors (Lipinski definition) is 2. The summed E-state index contributed by atoms with van der Waals surface area (Å²) in [7, 11) is 0. The van der Waals surface area contributed by atoms with E-state index in [2.05, 4.69) is 11.9 Å². The number of carboxylic acid groups (broad SMARTS) is 1. The van der Waals surface area contributed by atoms with Gasteiger partial charge in [0.15, 0.2) is 3.79 Å². The summed E-state index contributed by atoms with van der Waals surface area (Å²) in [4.78, 5) is 14.7. The third kappa shape index (κ3) is 5.76. The van der Waals surface area contributed by atoms with Crippen molar-refractivity contribution in [2.24, 2.45) is 4.99 Å². The number of alkyl halides is 3. The van der Waals surface area contributed by atoms with E-state index in [4.69, 9.17) is 39.9 Å². The molecule has 0 atom stereocenters. The molecular weight excluding hydrogens is 367 g/mol. The third-order valence-corrected chi connectivity index (χ3v) is 4.85. The molecule has 0 bridgehead atoms. The van der Waals surface area contributed by atoms with Crippen molar-refractivity contribution >= 4 is 52.4 Å². The second-order valence-electron chi connectivity index (χ2n) is 6.08. The molecule has 0 aliphatic heterocycles. The van der Waals surface area contributed by atoms with E-state index in [9.17, 15) is 4.79 Å². The molecule has 1 amide bonds. The van der Waals surface area contributed by atoms with E-state index in [1.165, 1.54) is 11.5 Å².